The summed E-state index contributed by atoms with van der Waals surface area (Å²) in [4.78, 5) is 6.52. The van der Waals surface area contributed by atoms with Crippen LogP contribution in [0, 0.1) is 0 Å². The van der Waals surface area contributed by atoms with E-state index >= 15 is 0 Å². The van der Waals surface area contributed by atoms with Crippen molar-refractivity contribution in [2.45, 2.75) is 0 Å². The van der Waals surface area contributed by atoms with Gasteiger partial charge in [-0.1, -0.05) is 164 Å². The van der Waals surface area contributed by atoms with Gasteiger partial charge in [0.1, 0.15) is 5.01 Å². The fraction of sp³-hybridized carbons (Fsp3) is 0. The average molecular weight is 542 g/mol. The van der Waals surface area contributed by atoms with Gasteiger partial charge in [-0.3, -0.25) is 0 Å². The van der Waals surface area contributed by atoms with Crippen molar-refractivity contribution in [1.29, 1.82) is 0 Å². The molecule has 0 saturated heterocycles. The molecule has 6 aromatic carbocycles. The second-order valence-corrected chi connectivity index (χ2v) is 10.9. The molecule has 0 aliphatic carbocycles. The van der Waals surface area contributed by atoms with E-state index in [2.05, 4.69) is 164 Å². The second-order valence-electron chi connectivity index (χ2n) is 9.93. The number of nitrogens with zero attached hydrogens (tertiary/aromatic N) is 1. The third-order valence-electron chi connectivity index (χ3n) is 7.39. The highest BCUT2D eigenvalue weighted by Crippen LogP contribution is 2.47. The molecule has 0 aliphatic heterocycles. The van der Waals surface area contributed by atoms with Crippen LogP contribution in [0.25, 0.3) is 65.6 Å². The Balaban J connectivity index is 1.48. The lowest BCUT2D eigenvalue weighted by Gasteiger charge is -2.15. The molecule has 41 heavy (non-hydrogen) atoms. The molecule has 0 atom stereocenters. The molecule has 0 amide bonds. The van der Waals surface area contributed by atoms with E-state index < -0.39 is 0 Å². The number of thiazole rings is 1. The molecule has 0 saturated carbocycles. The summed E-state index contributed by atoms with van der Waals surface area (Å²) < 4.78 is 0. The van der Waals surface area contributed by atoms with Crippen molar-refractivity contribution in [1.82, 2.24) is 4.98 Å². The van der Waals surface area contributed by atoms with Crippen LogP contribution in [0.2, 0.25) is 0 Å². The Bertz CT molecular complexity index is 1920. The van der Waals surface area contributed by atoms with Crippen molar-refractivity contribution in [3.05, 3.63) is 164 Å². The molecular formula is C39H27NS. The summed E-state index contributed by atoms with van der Waals surface area (Å²) in [7, 11) is 0. The lowest BCUT2D eigenvalue weighted by molar-refractivity contribution is 1.40. The topological polar surface area (TPSA) is 12.9 Å². The van der Waals surface area contributed by atoms with Crippen molar-refractivity contribution in [3.8, 4) is 65.6 Å². The van der Waals surface area contributed by atoms with E-state index in [0.717, 1.165) is 21.8 Å². The zero-order valence-electron chi connectivity index (χ0n) is 22.4. The number of benzene rings is 6. The zero-order chi connectivity index (χ0) is 27.4. The highest BCUT2D eigenvalue weighted by Gasteiger charge is 2.22. The first-order chi connectivity index (χ1) is 20.4. The molecule has 0 unspecified atom stereocenters. The van der Waals surface area contributed by atoms with Crippen molar-refractivity contribution in [2.75, 3.05) is 0 Å². The Hall–Kier alpha value is -5.05. The first kappa shape index (κ1) is 25.0. The van der Waals surface area contributed by atoms with Crippen LogP contribution in [0.1, 0.15) is 0 Å². The van der Waals surface area contributed by atoms with E-state index in [9.17, 15) is 0 Å². The highest BCUT2D eigenvalue weighted by molar-refractivity contribution is 7.19. The van der Waals surface area contributed by atoms with E-state index in [1.165, 1.54) is 43.8 Å². The Labute approximate surface area is 245 Å². The summed E-state index contributed by atoms with van der Waals surface area (Å²) in [5, 5.41) is 1.02. The zero-order valence-corrected chi connectivity index (χ0v) is 23.3. The maximum atomic E-state index is 5.35. The molecule has 0 bridgehead atoms. The molecule has 0 aliphatic rings. The first-order valence-electron chi connectivity index (χ1n) is 13.8. The molecule has 7 rings (SSSR count). The number of hydrogen-bond donors (Lipinski definition) is 0. The molecule has 1 nitrogen and oxygen atoms in total. The minimum Gasteiger partial charge on any atom is -0.235 e. The van der Waals surface area contributed by atoms with Crippen molar-refractivity contribution < 1.29 is 0 Å². The van der Waals surface area contributed by atoms with Crippen LogP contribution in [-0.2, 0) is 0 Å². The lowest BCUT2D eigenvalue weighted by atomic mass is 9.90. The molecular weight excluding hydrogens is 515 g/mol. The Kier molecular flexibility index (Phi) is 6.82. The van der Waals surface area contributed by atoms with Crippen LogP contribution < -0.4 is 0 Å². The van der Waals surface area contributed by atoms with Gasteiger partial charge in [-0.15, -0.1) is 11.3 Å². The summed E-state index contributed by atoms with van der Waals surface area (Å²) in [6, 6.07) is 57.8. The Morgan fingerprint density at radius 1 is 0.317 bits per heavy atom. The predicted octanol–water partition coefficient (Wildman–Crippen LogP) is 11.1. The van der Waals surface area contributed by atoms with Gasteiger partial charge in [0, 0.05) is 16.7 Å². The molecule has 194 valence electrons. The third kappa shape index (κ3) is 4.91. The largest absolute Gasteiger partial charge is 0.235 e. The molecule has 0 fully saturated rings. The normalized spacial score (nSPS) is 10.9. The predicted molar refractivity (Wildman–Crippen MR) is 175 cm³/mol. The minimum atomic E-state index is 1.01. The van der Waals surface area contributed by atoms with Gasteiger partial charge in [-0.2, -0.15) is 0 Å². The van der Waals surface area contributed by atoms with Gasteiger partial charge in [0.15, 0.2) is 0 Å². The van der Waals surface area contributed by atoms with Crippen LogP contribution in [0.3, 0.4) is 0 Å². The first-order valence-corrected chi connectivity index (χ1v) is 14.6. The molecule has 0 radical (unpaired) electrons. The quantitative estimate of drug-likeness (QED) is 0.204. The van der Waals surface area contributed by atoms with E-state index in [1.807, 2.05) is 0 Å². The lowest BCUT2D eigenvalue weighted by Crippen LogP contribution is -1.91. The second kappa shape index (κ2) is 11.2. The Morgan fingerprint density at radius 2 is 0.683 bits per heavy atom. The van der Waals surface area contributed by atoms with Gasteiger partial charge in [0.25, 0.3) is 0 Å². The van der Waals surface area contributed by atoms with Crippen molar-refractivity contribution >= 4 is 11.3 Å². The van der Waals surface area contributed by atoms with E-state index in [4.69, 9.17) is 4.98 Å². The Morgan fingerprint density at radius 3 is 1.22 bits per heavy atom. The molecule has 0 N–H and O–H groups in total. The summed E-state index contributed by atoms with van der Waals surface area (Å²) in [5.74, 6) is 0. The summed E-state index contributed by atoms with van der Waals surface area (Å²) >= 11 is 1.76. The van der Waals surface area contributed by atoms with Gasteiger partial charge in [-0.25, -0.2) is 4.98 Å². The molecule has 2 heteroatoms. The van der Waals surface area contributed by atoms with E-state index in [-0.39, 0.29) is 0 Å². The number of rotatable bonds is 6. The number of aromatic nitrogens is 1. The molecule has 1 aromatic heterocycles. The smallest absolute Gasteiger partial charge is 0.124 e. The summed E-state index contributed by atoms with van der Waals surface area (Å²) in [5.41, 5.74) is 11.7. The minimum absolute atomic E-state index is 1.01. The standard InChI is InChI=1S/C39H27NS/c1-4-16-28(17-5-1)31-22-10-12-24-33(31)34-25-13-15-27-36(34)38-37(40-39(41-38)30-20-8-3-9-21-30)35-26-14-11-23-32(35)29-18-6-2-7-19-29/h1-27H. The maximum absolute atomic E-state index is 5.35. The maximum Gasteiger partial charge on any atom is 0.124 e. The van der Waals surface area contributed by atoms with Gasteiger partial charge in [0.2, 0.25) is 0 Å². The molecule has 7 aromatic rings. The van der Waals surface area contributed by atoms with Gasteiger partial charge >= 0.3 is 0 Å². The highest BCUT2D eigenvalue weighted by atomic mass is 32.1. The van der Waals surface area contributed by atoms with Crippen molar-refractivity contribution in [3.63, 3.8) is 0 Å². The van der Waals surface area contributed by atoms with Crippen LogP contribution in [-0.4, -0.2) is 4.98 Å². The summed E-state index contributed by atoms with van der Waals surface area (Å²) in [6.07, 6.45) is 0. The van der Waals surface area contributed by atoms with Crippen LogP contribution in [0.4, 0.5) is 0 Å². The molecule has 0 spiro atoms. The molecule has 1 heterocycles. The number of hydrogen-bond acceptors (Lipinski definition) is 2. The fourth-order valence-electron chi connectivity index (χ4n) is 5.45. The van der Waals surface area contributed by atoms with Gasteiger partial charge in [0.05, 0.1) is 10.6 Å². The SMILES string of the molecule is c1ccc(-c2nc(-c3ccccc3-c3ccccc3)c(-c3ccccc3-c3ccccc3-c3ccccc3)s2)cc1. The van der Waals surface area contributed by atoms with Gasteiger partial charge < -0.3 is 0 Å². The van der Waals surface area contributed by atoms with Gasteiger partial charge in [-0.05, 0) is 33.4 Å². The summed E-state index contributed by atoms with van der Waals surface area (Å²) in [6.45, 7) is 0. The monoisotopic (exact) mass is 541 g/mol. The van der Waals surface area contributed by atoms with E-state index in [0.29, 0.717) is 0 Å². The van der Waals surface area contributed by atoms with Crippen LogP contribution in [0.5, 0.6) is 0 Å². The third-order valence-corrected chi connectivity index (χ3v) is 8.53. The van der Waals surface area contributed by atoms with E-state index in [1.54, 1.807) is 11.3 Å². The van der Waals surface area contributed by atoms with Crippen molar-refractivity contribution in [2.24, 2.45) is 0 Å². The van der Waals surface area contributed by atoms with Crippen LogP contribution in [0.15, 0.2) is 164 Å². The average Bonchev–Trinajstić information content (AvgIpc) is 3.51. The van der Waals surface area contributed by atoms with Crippen LogP contribution >= 0.6 is 11.3 Å². The fourth-order valence-corrected chi connectivity index (χ4v) is 6.58.